The van der Waals surface area contributed by atoms with Gasteiger partial charge in [0.05, 0.1) is 15.7 Å². The summed E-state index contributed by atoms with van der Waals surface area (Å²) in [4.78, 5) is 9.80. The Bertz CT molecular complexity index is 556. The van der Waals surface area contributed by atoms with Crippen LogP contribution < -0.4 is 4.73 Å². The second-order valence-corrected chi connectivity index (χ2v) is 2.96. The molecule has 1 aromatic heterocycles. The van der Waals surface area contributed by atoms with Gasteiger partial charge in [0.1, 0.15) is 0 Å². The fraction of sp³-hybridized carbons (Fsp3) is 0. The molecule has 0 aliphatic carbocycles. The normalized spacial score (nSPS) is 10.5. The highest BCUT2D eigenvalue weighted by atomic mass is 19.1. The SMILES string of the molecule is O=[N+]([O-])c1c(F)ccc2c[n+]([O-])ccc12. The number of nitro groups is 1. The van der Waals surface area contributed by atoms with E-state index in [9.17, 15) is 19.7 Å². The molecule has 0 aliphatic heterocycles. The Morgan fingerprint density at radius 3 is 2.73 bits per heavy atom. The smallest absolute Gasteiger partial charge is 0.312 e. The van der Waals surface area contributed by atoms with Crippen LogP contribution in [0.2, 0.25) is 0 Å². The first kappa shape index (κ1) is 9.32. The second-order valence-electron chi connectivity index (χ2n) is 2.96. The molecule has 0 atom stereocenters. The van der Waals surface area contributed by atoms with Gasteiger partial charge in [-0.25, -0.2) is 0 Å². The lowest BCUT2D eigenvalue weighted by atomic mass is 10.1. The molecule has 6 heteroatoms. The maximum absolute atomic E-state index is 13.1. The van der Waals surface area contributed by atoms with Gasteiger partial charge in [-0.3, -0.25) is 10.1 Å². The molecule has 5 nitrogen and oxygen atoms in total. The van der Waals surface area contributed by atoms with Crippen molar-refractivity contribution in [2.24, 2.45) is 0 Å². The van der Waals surface area contributed by atoms with Crippen LogP contribution >= 0.6 is 0 Å². The number of rotatable bonds is 1. The molecule has 0 bridgehead atoms. The van der Waals surface area contributed by atoms with E-state index in [0.717, 1.165) is 18.5 Å². The van der Waals surface area contributed by atoms with E-state index < -0.39 is 16.4 Å². The van der Waals surface area contributed by atoms with Crippen LogP contribution in [0.15, 0.2) is 30.6 Å². The predicted octanol–water partition coefficient (Wildman–Crippen LogP) is 1.52. The summed E-state index contributed by atoms with van der Waals surface area (Å²) in [6.07, 6.45) is 2.25. The molecule has 15 heavy (non-hydrogen) atoms. The van der Waals surface area contributed by atoms with E-state index in [2.05, 4.69) is 0 Å². The molecule has 0 unspecified atom stereocenters. The van der Waals surface area contributed by atoms with Gasteiger partial charge in [0.15, 0.2) is 12.4 Å². The summed E-state index contributed by atoms with van der Waals surface area (Å²) in [5.41, 5.74) is -0.604. The third-order valence-corrected chi connectivity index (χ3v) is 2.04. The van der Waals surface area contributed by atoms with Crippen molar-refractivity contribution in [2.45, 2.75) is 0 Å². The average Bonchev–Trinajstić information content (AvgIpc) is 2.17. The van der Waals surface area contributed by atoms with Gasteiger partial charge in [-0.05, 0) is 12.1 Å². The van der Waals surface area contributed by atoms with Crippen LogP contribution in [0.5, 0.6) is 0 Å². The maximum Gasteiger partial charge on any atom is 0.312 e. The van der Waals surface area contributed by atoms with Gasteiger partial charge in [0.2, 0.25) is 5.82 Å². The summed E-state index contributed by atoms with van der Waals surface area (Å²) in [6, 6.07) is 3.52. The molecular formula is C9H5FN2O3. The van der Waals surface area contributed by atoms with Crippen molar-refractivity contribution >= 4 is 16.5 Å². The second kappa shape index (κ2) is 3.16. The molecule has 2 rings (SSSR count). The molecule has 1 aromatic carbocycles. The minimum absolute atomic E-state index is 0.118. The number of hydrogen-bond acceptors (Lipinski definition) is 3. The number of fused-ring (bicyclic) bond motifs is 1. The van der Waals surface area contributed by atoms with Crippen LogP contribution in [0.4, 0.5) is 10.1 Å². The van der Waals surface area contributed by atoms with Crippen LogP contribution in [0.25, 0.3) is 10.8 Å². The average molecular weight is 208 g/mol. The van der Waals surface area contributed by atoms with Crippen molar-refractivity contribution in [2.75, 3.05) is 0 Å². The Labute approximate surface area is 83.1 Å². The number of nitro benzene ring substituents is 1. The lowest BCUT2D eigenvalue weighted by Crippen LogP contribution is -2.23. The molecule has 0 saturated heterocycles. The van der Waals surface area contributed by atoms with E-state index in [1.807, 2.05) is 0 Å². The van der Waals surface area contributed by atoms with E-state index in [1.54, 1.807) is 0 Å². The number of halogens is 1. The van der Waals surface area contributed by atoms with Crippen LogP contribution in [0.1, 0.15) is 0 Å². The molecular weight excluding hydrogens is 203 g/mol. The van der Waals surface area contributed by atoms with Crippen LogP contribution in [0, 0.1) is 21.1 Å². The summed E-state index contributed by atoms with van der Waals surface area (Å²) in [7, 11) is 0. The molecule has 0 saturated carbocycles. The predicted molar refractivity (Wildman–Crippen MR) is 49.5 cm³/mol. The zero-order valence-corrected chi connectivity index (χ0v) is 7.38. The fourth-order valence-electron chi connectivity index (χ4n) is 1.40. The molecule has 0 spiro atoms. The molecule has 76 valence electrons. The Morgan fingerprint density at radius 2 is 2.07 bits per heavy atom. The van der Waals surface area contributed by atoms with Gasteiger partial charge in [-0.2, -0.15) is 9.12 Å². The highest BCUT2D eigenvalue weighted by Crippen LogP contribution is 2.27. The first-order chi connectivity index (χ1) is 7.09. The van der Waals surface area contributed by atoms with Gasteiger partial charge in [0.25, 0.3) is 0 Å². The van der Waals surface area contributed by atoms with Crippen molar-refractivity contribution in [1.82, 2.24) is 0 Å². The van der Waals surface area contributed by atoms with Gasteiger partial charge < -0.3 is 5.21 Å². The van der Waals surface area contributed by atoms with Crippen molar-refractivity contribution in [1.29, 1.82) is 0 Å². The Balaban J connectivity index is 2.88. The summed E-state index contributed by atoms with van der Waals surface area (Å²) < 4.78 is 13.6. The first-order valence-electron chi connectivity index (χ1n) is 4.05. The highest BCUT2D eigenvalue weighted by molar-refractivity contribution is 5.89. The van der Waals surface area contributed by atoms with Crippen LogP contribution in [-0.2, 0) is 0 Å². The van der Waals surface area contributed by atoms with E-state index in [1.165, 1.54) is 12.1 Å². The summed E-state index contributed by atoms with van der Waals surface area (Å²) in [5.74, 6) is -0.906. The summed E-state index contributed by atoms with van der Waals surface area (Å²) >= 11 is 0. The lowest BCUT2D eigenvalue weighted by molar-refractivity contribution is -0.603. The van der Waals surface area contributed by atoms with E-state index in [-0.39, 0.29) is 5.39 Å². The lowest BCUT2D eigenvalue weighted by Gasteiger charge is -2.00. The number of pyridine rings is 1. The van der Waals surface area contributed by atoms with E-state index in [0.29, 0.717) is 10.1 Å². The van der Waals surface area contributed by atoms with Crippen molar-refractivity contribution in [3.63, 3.8) is 0 Å². The molecule has 0 aliphatic rings. The fourth-order valence-corrected chi connectivity index (χ4v) is 1.40. The molecule has 1 heterocycles. The third kappa shape index (κ3) is 1.45. The highest BCUT2D eigenvalue weighted by Gasteiger charge is 2.19. The van der Waals surface area contributed by atoms with Crippen molar-refractivity contribution in [3.8, 4) is 0 Å². The maximum atomic E-state index is 13.1. The molecule has 2 aromatic rings. The summed E-state index contributed by atoms with van der Waals surface area (Å²) in [5, 5.41) is 22.0. The quantitative estimate of drug-likeness (QED) is 0.308. The zero-order valence-electron chi connectivity index (χ0n) is 7.38. The Hall–Kier alpha value is -2.24. The minimum atomic E-state index is -0.906. The Kier molecular flexibility index (Phi) is 1.96. The molecule has 0 N–H and O–H groups in total. The summed E-state index contributed by atoms with van der Waals surface area (Å²) in [6.45, 7) is 0. The van der Waals surface area contributed by atoms with Gasteiger partial charge in [-0.1, -0.05) is 0 Å². The largest absolute Gasteiger partial charge is 0.619 e. The van der Waals surface area contributed by atoms with Crippen LogP contribution in [0.3, 0.4) is 0 Å². The van der Waals surface area contributed by atoms with Crippen molar-refractivity contribution in [3.05, 3.63) is 51.7 Å². The number of nitrogens with zero attached hydrogens (tertiary/aromatic N) is 2. The Morgan fingerprint density at radius 1 is 1.33 bits per heavy atom. The molecule has 0 amide bonds. The minimum Gasteiger partial charge on any atom is -0.619 e. The third-order valence-electron chi connectivity index (χ3n) is 2.04. The van der Waals surface area contributed by atoms with Gasteiger partial charge >= 0.3 is 5.69 Å². The topological polar surface area (TPSA) is 70.1 Å². The number of benzene rings is 1. The van der Waals surface area contributed by atoms with Gasteiger partial charge in [0, 0.05) is 6.07 Å². The monoisotopic (exact) mass is 208 g/mol. The van der Waals surface area contributed by atoms with E-state index >= 15 is 0 Å². The van der Waals surface area contributed by atoms with E-state index in [4.69, 9.17) is 0 Å². The number of aromatic nitrogens is 1. The van der Waals surface area contributed by atoms with Crippen molar-refractivity contribution < 1.29 is 14.0 Å². The zero-order chi connectivity index (χ0) is 11.0. The molecule has 0 fully saturated rings. The van der Waals surface area contributed by atoms with Crippen LogP contribution in [-0.4, -0.2) is 4.92 Å². The number of hydrogen-bond donors (Lipinski definition) is 0. The van der Waals surface area contributed by atoms with Gasteiger partial charge in [-0.15, -0.1) is 0 Å². The molecule has 0 radical (unpaired) electrons. The first-order valence-corrected chi connectivity index (χ1v) is 4.05. The standard InChI is InChI=1S/C9H5FN2O3/c10-8-2-1-6-5-11(13)4-3-7(6)9(8)12(14)15/h1-5H.